The summed E-state index contributed by atoms with van der Waals surface area (Å²) < 4.78 is 33.0. The normalized spacial score (nSPS) is 12.7. The molecule has 3 N–H and O–H groups in total. The Morgan fingerprint density at radius 3 is 2.45 bits per heavy atom. The Morgan fingerprint density at radius 2 is 1.76 bits per heavy atom. The molecule has 3 aromatic rings. The molecule has 0 spiro atoms. The highest BCUT2D eigenvalue weighted by molar-refractivity contribution is 7.98. The molecule has 8 nitrogen and oxygen atoms in total. The lowest BCUT2D eigenvalue weighted by molar-refractivity contribution is -0.123. The van der Waals surface area contributed by atoms with Gasteiger partial charge in [-0.1, -0.05) is 48.5 Å². The van der Waals surface area contributed by atoms with Gasteiger partial charge in [-0.2, -0.15) is 16.5 Å². The second-order valence-electron chi connectivity index (χ2n) is 7.21. The van der Waals surface area contributed by atoms with Gasteiger partial charge < -0.3 is 4.42 Å². The van der Waals surface area contributed by atoms with Crippen molar-refractivity contribution in [2.24, 2.45) is 0 Å². The van der Waals surface area contributed by atoms with Crippen LogP contribution in [0.1, 0.15) is 28.1 Å². The monoisotopic (exact) mass is 487 g/mol. The second kappa shape index (κ2) is 11.2. The van der Waals surface area contributed by atoms with E-state index in [1.165, 1.54) is 17.8 Å². The molecule has 0 aliphatic carbocycles. The predicted molar refractivity (Wildman–Crippen MR) is 131 cm³/mol. The van der Waals surface area contributed by atoms with Gasteiger partial charge in [-0.25, -0.2) is 8.42 Å². The molecule has 1 heterocycles. The number of aryl methyl sites for hydroxylation is 1. The number of benzene rings is 2. The van der Waals surface area contributed by atoms with Gasteiger partial charge in [0.25, 0.3) is 5.91 Å². The molecule has 10 heteroatoms. The standard InChI is InChI=1S/C23H25N3O5S2/c1-16-18-10-6-7-11-20(18)31-21(16)23(28)25-24-22(27)19(12-14-32-2)26-33(29,30)15-13-17-8-4-3-5-9-17/h3-11,13,15,19,26H,12,14H2,1-2H3,(H,24,27)(H,25,28)/b15-13+/t19-/m1/s1. The second-order valence-corrected chi connectivity index (χ2v) is 9.79. The summed E-state index contributed by atoms with van der Waals surface area (Å²) in [6, 6.07) is 15.1. The van der Waals surface area contributed by atoms with E-state index in [-0.39, 0.29) is 12.2 Å². The highest BCUT2D eigenvalue weighted by Crippen LogP contribution is 2.24. The van der Waals surface area contributed by atoms with Crippen molar-refractivity contribution in [2.75, 3.05) is 12.0 Å². The Hall–Kier alpha value is -3.08. The van der Waals surface area contributed by atoms with Gasteiger partial charge in [0, 0.05) is 16.4 Å². The van der Waals surface area contributed by atoms with E-state index in [4.69, 9.17) is 4.42 Å². The fourth-order valence-corrected chi connectivity index (χ4v) is 4.61. The fraction of sp³-hybridized carbons (Fsp3) is 0.217. The number of sulfonamides is 1. The van der Waals surface area contributed by atoms with Gasteiger partial charge in [-0.05, 0) is 43.1 Å². The zero-order chi connectivity index (χ0) is 23.8. The van der Waals surface area contributed by atoms with E-state index in [9.17, 15) is 18.0 Å². The van der Waals surface area contributed by atoms with Crippen LogP contribution in [0.25, 0.3) is 17.0 Å². The van der Waals surface area contributed by atoms with E-state index < -0.39 is 27.9 Å². The first-order valence-corrected chi connectivity index (χ1v) is 13.1. The SMILES string of the molecule is CSCC[C@@H](NS(=O)(=O)/C=C/c1ccccc1)C(=O)NNC(=O)c1oc2ccccc2c1C. The third-order valence-electron chi connectivity index (χ3n) is 4.82. The Morgan fingerprint density at radius 1 is 1.06 bits per heavy atom. The van der Waals surface area contributed by atoms with Crippen LogP contribution in [0.15, 0.2) is 64.4 Å². The number of fused-ring (bicyclic) bond motifs is 1. The minimum atomic E-state index is -3.90. The number of para-hydroxylation sites is 1. The molecule has 0 fully saturated rings. The molecule has 0 aliphatic heterocycles. The van der Waals surface area contributed by atoms with Crippen molar-refractivity contribution in [1.82, 2.24) is 15.6 Å². The van der Waals surface area contributed by atoms with Gasteiger partial charge in [0.2, 0.25) is 10.0 Å². The van der Waals surface area contributed by atoms with Crippen LogP contribution in [0.2, 0.25) is 0 Å². The number of nitrogens with one attached hydrogen (secondary N) is 3. The van der Waals surface area contributed by atoms with Crippen molar-refractivity contribution in [1.29, 1.82) is 0 Å². The summed E-state index contributed by atoms with van der Waals surface area (Å²) in [6.07, 6.45) is 3.54. The number of rotatable bonds is 9. The molecule has 3 rings (SSSR count). The molecule has 0 aliphatic rings. The average Bonchev–Trinajstić information content (AvgIpc) is 3.16. The van der Waals surface area contributed by atoms with Gasteiger partial charge in [0.05, 0.1) is 0 Å². The van der Waals surface area contributed by atoms with Crippen molar-refractivity contribution < 1.29 is 22.4 Å². The number of carbonyl (C=O) groups excluding carboxylic acids is 2. The number of amides is 2. The number of carbonyl (C=O) groups is 2. The van der Waals surface area contributed by atoms with Crippen LogP contribution < -0.4 is 15.6 Å². The van der Waals surface area contributed by atoms with Gasteiger partial charge in [-0.15, -0.1) is 0 Å². The molecular formula is C23H25N3O5S2. The molecule has 0 unspecified atom stereocenters. The summed E-state index contributed by atoms with van der Waals surface area (Å²) in [5, 5.41) is 1.81. The Bertz CT molecular complexity index is 1250. The third-order valence-corrected chi connectivity index (χ3v) is 6.57. The van der Waals surface area contributed by atoms with Crippen LogP contribution in [0.5, 0.6) is 0 Å². The summed E-state index contributed by atoms with van der Waals surface area (Å²) in [6.45, 7) is 1.75. The molecule has 0 saturated carbocycles. The van der Waals surface area contributed by atoms with E-state index >= 15 is 0 Å². The van der Waals surface area contributed by atoms with E-state index in [1.54, 1.807) is 43.3 Å². The van der Waals surface area contributed by atoms with Crippen molar-refractivity contribution in [3.8, 4) is 0 Å². The van der Waals surface area contributed by atoms with Gasteiger partial charge in [0.15, 0.2) is 5.76 Å². The first-order chi connectivity index (χ1) is 15.8. The predicted octanol–water partition coefficient (Wildman–Crippen LogP) is 3.21. The highest BCUT2D eigenvalue weighted by Gasteiger charge is 2.24. The molecule has 33 heavy (non-hydrogen) atoms. The lowest BCUT2D eigenvalue weighted by Crippen LogP contribution is -2.52. The maximum Gasteiger partial charge on any atom is 0.305 e. The van der Waals surface area contributed by atoms with E-state index in [0.717, 1.165) is 10.8 Å². The van der Waals surface area contributed by atoms with Crippen molar-refractivity contribution in [2.45, 2.75) is 19.4 Å². The maximum atomic E-state index is 12.7. The average molecular weight is 488 g/mol. The number of hydrogen-bond donors (Lipinski definition) is 3. The summed E-state index contributed by atoms with van der Waals surface area (Å²) in [7, 11) is -3.90. The summed E-state index contributed by atoms with van der Waals surface area (Å²) in [5.74, 6) is -0.696. The molecule has 174 valence electrons. The Balaban J connectivity index is 1.66. The molecule has 0 bridgehead atoms. The first-order valence-electron chi connectivity index (χ1n) is 10.1. The van der Waals surface area contributed by atoms with Gasteiger partial charge in [0.1, 0.15) is 11.6 Å². The van der Waals surface area contributed by atoms with Crippen LogP contribution in [0, 0.1) is 6.92 Å². The van der Waals surface area contributed by atoms with Crippen LogP contribution in [0.4, 0.5) is 0 Å². The lowest BCUT2D eigenvalue weighted by Gasteiger charge is -2.17. The minimum absolute atomic E-state index is 0.0727. The topological polar surface area (TPSA) is 118 Å². The fourth-order valence-electron chi connectivity index (χ4n) is 3.10. The Kier molecular flexibility index (Phi) is 8.32. The van der Waals surface area contributed by atoms with Gasteiger partial charge in [-0.3, -0.25) is 20.4 Å². The smallest absolute Gasteiger partial charge is 0.305 e. The summed E-state index contributed by atoms with van der Waals surface area (Å²) in [4.78, 5) is 25.2. The van der Waals surface area contributed by atoms with E-state index in [2.05, 4.69) is 15.6 Å². The summed E-state index contributed by atoms with van der Waals surface area (Å²) >= 11 is 1.47. The van der Waals surface area contributed by atoms with Crippen LogP contribution in [-0.4, -0.2) is 38.3 Å². The summed E-state index contributed by atoms with van der Waals surface area (Å²) in [5.41, 5.74) is 6.52. The zero-order valence-corrected chi connectivity index (χ0v) is 19.8. The van der Waals surface area contributed by atoms with Crippen molar-refractivity contribution >= 4 is 50.6 Å². The van der Waals surface area contributed by atoms with E-state index in [0.29, 0.717) is 22.5 Å². The molecule has 2 amide bonds. The first kappa shape index (κ1) is 24.6. The molecule has 2 aromatic carbocycles. The van der Waals surface area contributed by atoms with Crippen molar-refractivity contribution in [3.05, 3.63) is 76.9 Å². The number of furan rings is 1. The van der Waals surface area contributed by atoms with Crippen LogP contribution >= 0.6 is 11.8 Å². The number of hydrazine groups is 1. The number of thioether (sulfide) groups is 1. The molecular weight excluding hydrogens is 462 g/mol. The lowest BCUT2D eigenvalue weighted by atomic mass is 10.1. The largest absolute Gasteiger partial charge is 0.451 e. The van der Waals surface area contributed by atoms with Crippen LogP contribution in [-0.2, 0) is 14.8 Å². The molecule has 0 radical (unpaired) electrons. The third kappa shape index (κ3) is 6.70. The van der Waals surface area contributed by atoms with E-state index in [1.807, 2.05) is 24.5 Å². The minimum Gasteiger partial charge on any atom is -0.451 e. The zero-order valence-electron chi connectivity index (χ0n) is 18.2. The van der Waals surface area contributed by atoms with Crippen LogP contribution in [0.3, 0.4) is 0 Å². The highest BCUT2D eigenvalue weighted by atomic mass is 32.2. The molecule has 1 atom stereocenters. The Labute approximate surface area is 196 Å². The number of hydrogen-bond acceptors (Lipinski definition) is 6. The molecule has 1 aromatic heterocycles. The van der Waals surface area contributed by atoms with Gasteiger partial charge >= 0.3 is 5.91 Å². The van der Waals surface area contributed by atoms with Crippen molar-refractivity contribution in [3.63, 3.8) is 0 Å². The maximum absolute atomic E-state index is 12.7. The molecule has 0 saturated heterocycles. The quantitative estimate of drug-likeness (QED) is 0.399.